The van der Waals surface area contributed by atoms with Crippen molar-refractivity contribution in [1.82, 2.24) is 34.7 Å². The molecule has 0 atom stereocenters. The van der Waals surface area contributed by atoms with Gasteiger partial charge in [-0.05, 0) is 52.6 Å². The van der Waals surface area contributed by atoms with Crippen LogP contribution in [0.5, 0.6) is 0 Å². The van der Waals surface area contributed by atoms with Gasteiger partial charge in [0.2, 0.25) is 0 Å². The second-order valence-corrected chi connectivity index (χ2v) is 8.24. The minimum Gasteiger partial charge on any atom is -0.292 e. The molecule has 0 radical (unpaired) electrons. The Bertz CT molecular complexity index is 1460. The first kappa shape index (κ1) is 21.5. The summed E-state index contributed by atoms with van der Waals surface area (Å²) in [6, 6.07) is 20.0. The topological polar surface area (TPSA) is 94.3 Å². The van der Waals surface area contributed by atoms with Crippen molar-refractivity contribution in [2.24, 2.45) is 0 Å². The summed E-state index contributed by atoms with van der Waals surface area (Å²) in [4.78, 5) is 17.8. The van der Waals surface area contributed by atoms with Gasteiger partial charge in [0.15, 0.2) is 5.82 Å². The minimum atomic E-state index is -0.0193. The lowest BCUT2D eigenvalue weighted by Gasteiger charge is -2.09. The van der Waals surface area contributed by atoms with E-state index >= 15 is 0 Å². The number of hydrogen-bond acceptors (Lipinski definition) is 5. The summed E-state index contributed by atoms with van der Waals surface area (Å²) in [6.45, 7) is 4.67. The first-order chi connectivity index (χ1) is 16.7. The third-order valence-electron chi connectivity index (χ3n) is 5.93. The molecule has 3 heterocycles. The van der Waals surface area contributed by atoms with Crippen molar-refractivity contribution in [1.29, 1.82) is 0 Å². The highest BCUT2D eigenvalue weighted by atomic mass is 16.1. The number of pyridine rings is 1. The zero-order valence-electron chi connectivity index (χ0n) is 19.1. The number of nitrogens with zero attached hydrogens (tertiary/aromatic N) is 6. The quantitative estimate of drug-likeness (QED) is 0.400. The molecule has 170 valence electrons. The number of benzene rings is 2. The first-order valence-corrected chi connectivity index (χ1v) is 11.3. The molecule has 0 aliphatic heterocycles. The molecular formula is C26H25N7O. The van der Waals surface area contributed by atoms with Gasteiger partial charge < -0.3 is 0 Å². The zero-order chi connectivity index (χ0) is 23.5. The van der Waals surface area contributed by atoms with Crippen LogP contribution in [0.25, 0.3) is 28.3 Å². The number of aromatic nitrogens is 7. The second-order valence-electron chi connectivity index (χ2n) is 8.24. The number of hydrogen-bond donors (Lipinski definition) is 1. The van der Waals surface area contributed by atoms with Gasteiger partial charge in [-0.1, -0.05) is 61.9 Å². The largest absolute Gasteiger partial charge is 0.333 e. The highest BCUT2D eigenvalue weighted by Gasteiger charge is 2.15. The highest BCUT2D eigenvalue weighted by Crippen LogP contribution is 2.28. The van der Waals surface area contributed by atoms with Crippen LogP contribution in [0.1, 0.15) is 30.2 Å². The van der Waals surface area contributed by atoms with Crippen molar-refractivity contribution in [2.75, 3.05) is 0 Å². The predicted molar refractivity (Wildman–Crippen MR) is 131 cm³/mol. The molecule has 0 aliphatic rings. The number of rotatable bonds is 7. The monoisotopic (exact) mass is 451 g/mol. The fourth-order valence-electron chi connectivity index (χ4n) is 4.22. The fraction of sp³-hybridized carbons (Fsp3) is 0.192. The smallest absolute Gasteiger partial charge is 0.292 e. The predicted octanol–water partition coefficient (Wildman–Crippen LogP) is 4.19. The van der Waals surface area contributed by atoms with Gasteiger partial charge in [-0.15, -0.1) is 5.10 Å². The molecule has 0 aliphatic carbocycles. The summed E-state index contributed by atoms with van der Waals surface area (Å²) < 4.78 is 3.64. The van der Waals surface area contributed by atoms with Crippen LogP contribution in [0.2, 0.25) is 0 Å². The average molecular weight is 452 g/mol. The summed E-state index contributed by atoms with van der Waals surface area (Å²) >= 11 is 0. The molecule has 0 unspecified atom stereocenters. The summed E-state index contributed by atoms with van der Waals surface area (Å²) in [6.07, 6.45) is 5.51. The van der Waals surface area contributed by atoms with Gasteiger partial charge in [0.1, 0.15) is 5.69 Å². The van der Waals surface area contributed by atoms with Crippen LogP contribution in [0, 0.1) is 6.92 Å². The molecule has 3 aromatic heterocycles. The Labute approximate surface area is 196 Å². The van der Waals surface area contributed by atoms with E-state index in [1.807, 2.05) is 66.2 Å². The Hall–Kier alpha value is -4.33. The van der Waals surface area contributed by atoms with Crippen LogP contribution in [-0.4, -0.2) is 34.7 Å². The molecule has 0 bridgehead atoms. The van der Waals surface area contributed by atoms with Crippen LogP contribution >= 0.6 is 0 Å². The normalized spacial score (nSPS) is 11.1. The second kappa shape index (κ2) is 9.27. The Morgan fingerprint density at radius 1 is 1.00 bits per heavy atom. The van der Waals surface area contributed by atoms with Gasteiger partial charge >= 0.3 is 5.69 Å². The highest BCUT2D eigenvalue weighted by molar-refractivity contribution is 5.77. The number of imidazole rings is 1. The first-order valence-electron chi connectivity index (χ1n) is 11.3. The summed E-state index contributed by atoms with van der Waals surface area (Å²) in [5.41, 5.74) is 6.69. The van der Waals surface area contributed by atoms with Gasteiger partial charge in [-0.25, -0.2) is 9.89 Å². The van der Waals surface area contributed by atoms with E-state index in [2.05, 4.69) is 44.7 Å². The van der Waals surface area contributed by atoms with Gasteiger partial charge in [-0.2, -0.15) is 0 Å². The molecule has 0 spiro atoms. The number of aromatic amines is 1. The molecule has 1 N–H and O–H groups in total. The van der Waals surface area contributed by atoms with Crippen LogP contribution in [0.15, 0.2) is 77.9 Å². The molecule has 5 aromatic rings. The van der Waals surface area contributed by atoms with E-state index in [1.165, 1.54) is 0 Å². The number of nitrogens with one attached hydrogen (secondary N) is 1. The lowest BCUT2D eigenvalue weighted by Crippen LogP contribution is -2.25. The van der Waals surface area contributed by atoms with E-state index in [9.17, 15) is 4.79 Å². The maximum atomic E-state index is 13.4. The molecule has 34 heavy (non-hydrogen) atoms. The van der Waals surface area contributed by atoms with Crippen LogP contribution < -0.4 is 5.69 Å². The molecule has 2 aromatic carbocycles. The summed E-state index contributed by atoms with van der Waals surface area (Å²) in [5.74, 6) is 0.521. The van der Waals surface area contributed by atoms with Crippen LogP contribution in [-0.2, 0) is 13.0 Å². The van der Waals surface area contributed by atoms with Crippen LogP contribution in [0.3, 0.4) is 0 Å². The molecule has 0 saturated heterocycles. The fourth-order valence-corrected chi connectivity index (χ4v) is 4.22. The Morgan fingerprint density at radius 3 is 2.56 bits per heavy atom. The molecule has 0 fully saturated rings. The van der Waals surface area contributed by atoms with Gasteiger partial charge in [0.05, 0.1) is 12.2 Å². The van der Waals surface area contributed by atoms with Crippen LogP contribution in [0.4, 0.5) is 0 Å². The molecule has 5 rings (SSSR count). The average Bonchev–Trinajstić information content (AvgIpc) is 3.50. The van der Waals surface area contributed by atoms with E-state index in [1.54, 1.807) is 10.8 Å². The molecule has 8 nitrogen and oxygen atoms in total. The van der Waals surface area contributed by atoms with E-state index < -0.39 is 0 Å². The van der Waals surface area contributed by atoms with E-state index in [0.29, 0.717) is 18.1 Å². The minimum absolute atomic E-state index is 0.0193. The Balaban J connectivity index is 1.48. The van der Waals surface area contributed by atoms with E-state index in [4.69, 9.17) is 0 Å². The lowest BCUT2D eigenvalue weighted by molar-refractivity contribution is 0.691. The molecule has 8 heteroatoms. The summed E-state index contributed by atoms with van der Waals surface area (Å²) in [5, 5.41) is 14.1. The Kier molecular flexibility index (Phi) is 5.86. The number of aryl methyl sites for hydroxylation is 2. The van der Waals surface area contributed by atoms with Gasteiger partial charge in [0.25, 0.3) is 0 Å². The van der Waals surface area contributed by atoms with Gasteiger partial charge in [-0.3, -0.25) is 14.1 Å². The summed E-state index contributed by atoms with van der Waals surface area (Å²) in [7, 11) is 0. The maximum Gasteiger partial charge on any atom is 0.333 e. The standard InChI is InChI=1S/C26H25N7O/c1-3-7-21-17-33(23-10-5-4-8-18(23)2)26(34)32(21)16-19-11-13-20(14-12-19)22-9-6-15-27-24(22)25-28-30-31-29-25/h4-6,8-15,17H,3,7,16H2,1-2H3,(H,28,29,30,31). The third-order valence-corrected chi connectivity index (χ3v) is 5.93. The van der Waals surface area contributed by atoms with Crippen molar-refractivity contribution in [3.63, 3.8) is 0 Å². The Morgan fingerprint density at radius 2 is 1.82 bits per heavy atom. The van der Waals surface area contributed by atoms with Crippen molar-refractivity contribution >= 4 is 0 Å². The van der Waals surface area contributed by atoms with Crippen molar-refractivity contribution in [3.8, 4) is 28.3 Å². The SMILES string of the molecule is CCCc1cn(-c2ccccc2C)c(=O)n1Cc1ccc(-c2cccnc2-c2nnn[nH]2)cc1. The number of H-pyrrole nitrogens is 1. The van der Waals surface area contributed by atoms with E-state index in [0.717, 1.165) is 46.5 Å². The third kappa shape index (κ3) is 4.05. The zero-order valence-corrected chi connectivity index (χ0v) is 19.1. The molecule has 0 saturated carbocycles. The lowest BCUT2D eigenvalue weighted by atomic mass is 10.0. The maximum absolute atomic E-state index is 13.4. The number of tetrazole rings is 1. The van der Waals surface area contributed by atoms with Gasteiger partial charge in [0, 0.05) is 23.7 Å². The number of para-hydroxylation sites is 1. The van der Waals surface area contributed by atoms with Crippen molar-refractivity contribution < 1.29 is 0 Å². The van der Waals surface area contributed by atoms with E-state index in [-0.39, 0.29) is 5.69 Å². The van der Waals surface area contributed by atoms with Crippen molar-refractivity contribution in [2.45, 2.75) is 33.2 Å². The molecular weight excluding hydrogens is 426 g/mol. The van der Waals surface area contributed by atoms with Crippen molar-refractivity contribution in [3.05, 3.63) is 100 Å². The molecule has 0 amide bonds.